The number of aryl methyl sites for hydroxylation is 1. The van der Waals surface area contributed by atoms with Crippen LogP contribution in [0.3, 0.4) is 0 Å². The van der Waals surface area contributed by atoms with Gasteiger partial charge in [-0.3, -0.25) is 9.36 Å². The molecular weight excluding hydrogens is 360 g/mol. The molecule has 1 N–H and O–H groups in total. The number of imidazole rings is 1. The molecule has 0 fully saturated rings. The quantitative estimate of drug-likeness (QED) is 0.635. The van der Waals surface area contributed by atoms with E-state index >= 15 is 0 Å². The number of hydrogen-bond donors (Lipinski definition) is 1. The molecule has 1 aromatic carbocycles. The zero-order valence-electron chi connectivity index (χ0n) is 15.5. The zero-order valence-corrected chi connectivity index (χ0v) is 16.4. The molecule has 1 amide bonds. The van der Waals surface area contributed by atoms with Crippen LogP contribution < -0.4 is 10.1 Å². The van der Waals surface area contributed by atoms with Crippen molar-refractivity contribution in [3.05, 3.63) is 66.4 Å². The molecule has 0 saturated carbocycles. The second-order valence-corrected chi connectivity index (χ2v) is 7.43. The average Bonchev–Trinajstić information content (AvgIpc) is 3.13. The number of carbonyl (C=O) groups is 1. The lowest BCUT2D eigenvalue weighted by Gasteiger charge is -2.13. The maximum atomic E-state index is 12.4. The number of methoxy groups -OCH3 is 1. The SMILES string of the molecule is COc1ccc(SC(C)C(=O)NCc2ccnc(-n3ccnc3C)c2)cc1. The number of carbonyl (C=O) groups excluding carboxylic acids is 1. The minimum absolute atomic E-state index is 0.00649. The lowest BCUT2D eigenvalue weighted by Crippen LogP contribution is -2.30. The average molecular weight is 382 g/mol. The van der Waals surface area contributed by atoms with E-state index in [4.69, 9.17) is 4.74 Å². The number of benzene rings is 1. The lowest BCUT2D eigenvalue weighted by molar-refractivity contribution is -0.120. The second-order valence-electron chi connectivity index (χ2n) is 6.02. The highest BCUT2D eigenvalue weighted by Crippen LogP contribution is 2.25. The normalized spacial score (nSPS) is 11.8. The van der Waals surface area contributed by atoms with Gasteiger partial charge in [-0.25, -0.2) is 9.97 Å². The number of nitrogens with zero attached hydrogens (tertiary/aromatic N) is 3. The van der Waals surface area contributed by atoms with Crippen LogP contribution in [0.25, 0.3) is 5.82 Å². The summed E-state index contributed by atoms with van der Waals surface area (Å²) in [5.41, 5.74) is 0.989. The van der Waals surface area contributed by atoms with Crippen LogP contribution in [0.5, 0.6) is 5.75 Å². The van der Waals surface area contributed by atoms with Crippen molar-refractivity contribution in [2.45, 2.75) is 30.5 Å². The van der Waals surface area contributed by atoms with Gasteiger partial charge in [0.15, 0.2) is 0 Å². The summed E-state index contributed by atoms with van der Waals surface area (Å²) >= 11 is 1.52. The van der Waals surface area contributed by atoms with Crippen LogP contribution >= 0.6 is 11.8 Å². The predicted octanol–water partition coefficient (Wildman–Crippen LogP) is 3.38. The molecule has 0 spiro atoms. The van der Waals surface area contributed by atoms with Crippen LogP contribution in [0.4, 0.5) is 0 Å². The second kappa shape index (κ2) is 8.73. The van der Waals surface area contributed by atoms with Crippen LogP contribution in [-0.2, 0) is 11.3 Å². The van der Waals surface area contributed by atoms with Crippen LogP contribution in [0.2, 0.25) is 0 Å². The zero-order chi connectivity index (χ0) is 19.2. The Morgan fingerprint density at radius 1 is 1.22 bits per heavy atom. The van der Waals surface area contributed by atoms with Crippen LogP contribution in [-0.4, -0.2) is 32.8 Å². The summed E-state index contributed by atoms with van der Waals surface area (Å²) in [5.74, 6) is 2.46. The molecule has 140 valence electrons. The molecule has 2 heterocycles. The molecule has 0 bridgehead atoms. The summed E-state index contributed by atoms with van der Waals surface area (Å²) in [6.45, 7) is 4.28. The van der Waals surface area contributed by atoms with Gasteiger partial charge in [-0.15, -0.1) is 11.8 Å². The maximum Gasteiger partial charge on any atom is 0.233 e. The van der Waals surface area contributed by atoms with Gasteiger partial charge in [-0.2, -0.15) is 0 Å². The minimum atomic E-state index is -0.199. The molecule has 7 heteroatoms. The van der Waals surface area contributed by atoms with Gasteiger partial charge in [0, 0.05) is 30.0 Å². The van der Waals surface area contributed by atoms with Gasteiger partial charge in [-0.05, 0) is 55.8 Å². The number of hydrogen-bond acceptors (Lipinski definition) is 5. The number of rotatable bonds is 7. The van der Waals surface area contributed by atoms with E-state index in [0.29, 0.717) is 6.54 Å². The maximum absolute atomic E-state index is 12.4. The molecule has 6 nitrogen and oxygen atoms in total. The van der Waals surface area contributed by atoms with Crippen LogP contribution in [0.1, 0.15) is 18.3 Å². The number of ether oxygens (including phenoxy) is 1. The molecule has 0 aliphatic rings. The highest BCUT2D eigenvalue weighted by atomic mass is 32.2. The summed E-state index contributed by atoms with van der Waals surface area (Å²) in [5, 5.41) is 2.79. The largest absolute Gasteiger partial charge is 0.497 e. The van der Waals surface area contributed by atoms with Crippen LogP contribution in [0, 0.1) is 6.92 Å². The molecule has 2 aromatic heterocycles. The van der Waals surface area contributed by atoms with Crippen molar-refractivity contribution < 1.29 is 9.53 Å². The lowest BCUT2D eigenvalue weighted by atomic mass is 10.2. The van der Waals surface area contributed by atoms with E-state index < -0.39 is 0 Å². The third kappa shape index (κ3) is 4.89. The highest BCUT2D eigenvalue weighted by molar-refractivity contribution is 8.00. The highest BCUT2D eigenvalue weighted by Gasteiger charge is 2.14. The Morgan fingerprint density at radius 2 is 2.00 bits per heavy atom. The molecule has 0 aliphatic carbocycles. The summed E-state index contributed by atoms with van der Waals surface area (Å²) in [4.78, 5) is 22.0. The van der Waals surface area contributed by atoms with Crippen molar-refractivity contribution in [3.8, 4) is 11.6 Å². The Labute approximate surface area is 163 Å². The van der Waals surface area contributed by atoms with Crippen molar-refractivity contribution in [1.82, 2.24) is 19.9 Å². The van der Waals surface area contributed by atoms with Gasteiger partial charge >= 0.3 is 0 Å². The molecule has 0 aliphatic heterocycles. The van der Waals surface area contributed by atoms with E-state index in [1.807, 2.05) is 61.0 Å². The van der Waals surface area contributed by atoms with Gasteiger partial charge in [0.05, 0.1) is 12.4 Å². The number of pyridine rings is 1. The van der Waals surface area contributed by atoms with E-state index in [-0.39, 0.29) is 11.2 Å². The first-order chi connectivity index (χ1) is 13.1. The Hall–Kier alpha value is -2.80. The number of amides is 1. The first-order valence-electron chi connectivity index (χ1n) is 8.60. The fraction of sp³-hybridized carbons (Fsp3) is 0.250. The Balaban J connectivity index is 1.57. The first-order valence-corrected chi connectivity index (χ1v) is 9.48. The first kappa shape index (κ1) is 19.0. The van der Waals surface area contributed by atoms with Crippen LogP contribution in [0.15, 0.2) is 59.9 Å². The third-order valence-electron chi connectivity index (χ3n) is 4.09. The van der Waals surface area contributed by atoms with Gasteiger partial charge < -0.3 is 10.1 Å². The van der Waals surface area contributed by atoms with E-state index in [1.165, 1.54) is 11.8 Å². The molecule has 0 saturated heterocycles. The molecule has 27 heavy (non-hydrogen) atoms. The molecule has 1 atom stereocenters. The Kier molecular flexibility index (Phi) is 6.13. The van der Waals surface area contributed by atoms with Crippen molar-refractivity contribution in [1.29, 1.82) is 0 Å². The Bertz CT molecular complexity index is 908. The fourth-order valence-corrected chi connectivity index (χ4v) is 3.46. The van der Waals surface area contributed by atoms with Gasteiger partial charge in [0.25, 0.3) is 0 Å². The standard InChI is InChI=1S/C20H22N4O2S/c1-14(27-18-6-4-17(26-3)5-7-18)20(25)23-13-16-8-9-22-19(12-16)24-11-10-21-15(24)2/h4-12,14H,13H2,1-3H3,(H,23,25). The summed E-state index contributed by atoms with van der Waals surface area (Å²) < 4.78 is 7.06. The van der Waals surface area contributed by atoms with Gasteiger partial charge in [0.1, 0.15) is 17.4 Å². The Morgan fingerprint density at radius 3 is 2.67 bits per heavy atom. The third-order valence-corrected chi connectivity index (χ3v) is 5.20. The number of nitrogens with one attached hydrogen (secondary N) is 1. The summed E-state index contributed by atoms with van der Waals surface area (Å²) in [6, 6.07) is 11.5. The molecule has 3 rings (SSSR count). The molecule has 3 aromatic rings. The van der Waals surface area contributed by atoms with E-state index in [9.17, 15) is 4.79 Å². The minimum Gasteiger partial charge on any atom is -0.497 e. The van der Waals surface area contributed by atoms with Gasteiger partial charge in [-0.1, -0.05) is 0 Å². The van der Waals surface area contributed by atoms with Crippen molar-refractivity contribution >= 4 is 17.7 Å². The van der Waals surface area contributed by atoms with Crippen molar-refractivity contribution in [3.63, 3.8) is 0 Å². The molecule has 1 unspecified atom stereocenters. The monoisotopic (exact) mass is 382 g/mol. The van der Waals surface area contributed by atoms with Crippen molar-refractivity contribution in [2.24, 2.45) is 0 Å². The van der Waals surface area contributed by atoms with E-state index in [1.54, 1.807) is 19.5 Å². The molecule has 0 radical (unpaired) electrons. The summed E-state index contributed by atoms with van der Waals surface area (Å²) in [7, 11) is 1.64. The van der Waals surface area contributed by atoms with Gasteiger partial charge in [0.2, 0.25) is 5.91 Å². The number of aromatic nitrogens is 3. The van der Waals surface area contributed by atoms with E-state index in [2.05, 4.69) is 15.3 Å². The smallest absolute Gasteiger partial charge is 0.233 e. The number of thioether (sulfide) groups is 1. The van der Waals surface area contributed by atoms with Crippen molar-refractivity contribution in [2.75, 3.05) is 7.11 Å². The summed E-state index contributed by atoms with van der Waals surface area (Å²) in [6.07, 6.45) is 5.35. The topological polar surface area (TPSA) is 69.0 Å². The van der Waals surface area contributed by atoms with E-state index in [0.717, 1.165) is 27.9 Å². The predicted molar refractivity (Wildman–Crippen MR) is 106 cm³/mol. The molecular formula is C20H22N4O2S. The fourth-order valence-electron chi connectivity index (χ4n) is 2.57.